The minimum atomic E-state index is -3.29. The molecule has 20 nitrogen and oxygen atoms in total. The molecule has 3 aliphatic rings. The molecule has 3 aromatic rings. The molecule has 3 aromatic carbocycles. The number of amides is 1. The highest BCUT2D eigenvalue weighted by Crippen LogP contribution is 3.04. The monoisotopic (exact) mass is 2470 g/mol. The molecule has 3 heterocycles. The molecule has 0 saturated carbocycles. The van der Waals surface area contributed by atoms with Crippen molar-refractivity contribution >= 4 is 273 Å². The molecule has 3 saturated heterocycles. The van der Waals surface area contributed by atoms with Crippen molar-refractivity contribution in [3.63, 3.8) is 0 Å². The summed E-state index contributed by atoms with van der Waals surface area (Å²) in [6, 6.07) is 25.1. The van der Waals surface area contributed by atoms with Crippen molar-refractivity contribution in [2.45, 2.75) is 410 Å². The molecule has 149 heavy (non-hydrogen) atoms. The Labute approximate surface area is 975 Å². The molecule has 0 aromatic heterocycles. The van der Waals surface area contributed by atoms with Crippen molar-refractivity contribution in [2.75, 3.05) is 79.9 Å². The Kier molecular flexibility index (Phi) is 80.9. The number of carboxylic acids is 2. The predicted molar refractivity (Wildman–Crippen MR) is 693 cm³/mol. The molecular formula is C108H193N3O17P3S18-. The largest absolute Gasteiger partial charge is 0.727 e. The number of nitrogens with one attached hydrogen (secondary N) is 2. The van der Waals surface area contributed by atoms with Crippen molar-refractivity contribution in [3.8, 4) is 12.3 Å². The van der Waals surface area contributed by atoms with Gasteiger partial charge in [0.2, 0.25) is 5.91 Å². The number of Topliss-reactive ketones (excluding diaryl/α,β-unsaturated/α-hetero) is 1. The first-order chi connectivity index (χ1) is 67.3. The fourth-order valence-corrected chi connectivity index (χ4v) is 67.7. The van der Waals surface area contributed by atoms with E-state index < -0.39 is 77.2 Å². The van der Waals surface area contributed by atoms with Crippen molar-refractivity contribution in [1.29, 1.82) is 0 Å². The van der Waals surface area contributed by atoms with Gasteiger partial charge in [-0.1, -0.05) is 360 Å². The third-order valence-corrected chi connectivity index (χ3v) is 68.1. The van der Waals surface area contributed by atoms with Crippen molar-refractivity contribution in [1.82, 2.24) is 15.3 Å². The summed E-state index contributed by atoms with van der Waals surface area (Å²) >= 11 is 41.9. The van der Waals surface area contributed by atoms with Gasteiger partial charge in [0.1, 0.15) is 24.5 Å². The van der Waals surface area contributed by atoms with Gasteiger partial charge in [0.15, 0.2) is 17.7 Å². The van der Waals surface area contributed by atoms with Gasteiger partial charge < -0.3 is 42.0 Å². The Balaban J connectivity index is -0.000000517. The van der Waals surface area contributed by atoms with E-state index in [2.05, 4.69) is 184 Å². The third kappa shape index (κ3) is 91.0. The van der Waals surface area contributed by atoms with E-state index in [0.717, 1.165) is 81.1 Å². The molecule has 4 unspecified atom stereocenters. The first kappa shape index (κ1) is 157. The van der Waals surface area contributed by atoms with Gasteiger partial charge in [-0.15, -0.1) is 18.2 Å². The van der Waals surface area contributed by atoms with E-state index >= 15 is 0 Å². The van der Waals surface area contributed by atoms with Gasteiger partial charge in [-0.3, -0.25) is 33.3 Å². The number of nitrogens with zero attached hydrogens (tertiary/aromatic N) is 1. The second-order valence-electron chi connectivity index (χ2n) is 46.7. The summed E-state index contributed by atoms with van der Waals surface area (Å²) in [5.74, 6) is 5.85. The van der Waals surface area contributed by atoms with Crippen molar-refractivity contribution in [2.24, 2.45) is 27.6 Å². The Bertz CT molecular complexity index is 4920. The van der Waals surface area contributed by atoms with E-state index in [9.17, 15) is 49.2 Å². The lowest BCUT2D eigenvalue weighted by atomic mass is 9.87. The van der Waals surface area contributed by atoms with Gasteiger partial charge in [-0.2, -0.15) is 8.42 Å². The number of piperidine rings is 1. The number of carboxylic acid groups (broad SMARTS) is 2. The fourth-order valence-electron chi connectivity index (χ4n) is 11.5. The number of hydrogen-bond donors (Lipinski definition) is 4. The lowest BCUT2D eigenvalue weighted by molar-refractivity contribution is -0.151. The standard InChI is InChI=1S/C17H20P2S4.C15H24NPS2.C12H22OS2.C10H19NO2S.C9H17NO3.C9H16S2.C8H18O3S2.C8H14O2S.C7H16O3S.C7H16O2S2.C6H12OS/c1-13-5-9-15(10-6-13)18(20)22-19(21,23-18)16-11-7-14(8-12-16)17(2,3)4;1-15(2,3)13-7-9-14(10-8-13)17(18,19)16-11-5-4-6-12-16;1-12(2,3)11(13)7-5-4-6-10-8-9-14-15-10;1-7(14)5-6-8(9(12)13)11-10(2,3)4;1-4-7(9(12)13)10-8(11)5-6(2)3;1-5-7-10-11-8-6-9(2,3)4;1-8(2,3)11-6-5-7-12-13(4,9)10;1-6(11)5-10-7(9)8(2,3)4;1-5-6-11(8,9)10-7(2,3)4;1-7(2,3)5-6-10-11(4,8)9;1-5(2)7-4-6(3)8/h5-12H,1-4H3;7-10H,4-6,11-12H2,1-3H3,(H,18,19);10H,4-9H2,1-3H3;8,11H,5-6H2,1-4H3,(H,12,13);6-7H,4-5H2,1-3H3,(H,10,11)(H,12,13);1H,6-8H2,2-4H3;5-7H2,1-4H3;5H2,1-4H3;2*5-6H2,1-4H3;5H,4H2,1-3H3/p-1. The van der Waals surface area contributed by atoms with Crippen molar-refractivity contribution < 1.29 is 77.8 Å². The fraction of sp³-hybridized carbons (Fsp3) is 0.741. The topological polar surface area (TPSA) is 292 Å². The Morgan fingerprint density at radius 3 is 1.42 bits per heavy atom. The number of carbonyl (C=O) groups is 5. The van der Waals surface area contributed by atoms with E-state index in [1.165, 1.54) is 102 Å². The lowest BCUT2D eigenvalue weighted by Gasteiger charge is -2.43. The van der Waals surface area contributed by atoms with E-state index in [-0.39, 0.29) is 63.0 Å². The molecule has 0 spiro atoms. The molecule has 3 fully saturated rings. The molecule has 0 bridgehead atoms. The SMILES string of the molecule is C#CCSSCCC(C)(C)C.CC(=S)CCC(NC(C)(C)C)C(=O)O.CC(=S)COC(=O)C(C)(C)C.CC(=S)COC(C)C.CC(C)(C)C(=O)CCCCC1CCSS1.CC(C)(C)CCSS(C)(=O)=O.CC(C)(C)OCCCSS(C)(=O)=O.CC(C)(C)c1ccc(P(=S)([S-])N2CCCCC2)cc1.CCC(NC(=O)CC(C)C)C(=O)O.CCCS(=O)(=O)OC(C)(C)C.Cc1ccc(P2(=S)SP(=S)(c3ccc(C(C)(C)C)cc3)S2)cc1. The predicted octanol–water partition coefficient (Wildman–Crippen LogP) is 30.4. The number of aliphatic carboxylic acids is 2. The summed E-state index contributed by atoms with van der Waals surface area (Å²) in [5, 5.41) is 25.8. The number of hydrogen-bond acceptors (Lipinski definition) is 31. The number of ether oxygens (including phenoxy) is 3. The number of rotatable bonds is 39. The van der Waals surface area contributed by atoms with Crippen LogP contribution in [-0.2, 0) is 129 Å². The first-order valence-electron chi connectivity index (χ1n) is 50.9. The summed E-state index contributed by atoms with van der Waals surface area (Å²) in [6.45, 7) is 77.6. The Hall–Kier alpha value is -0.210. The van der Waals surface area contributed by atoms with E-state index in [4.69, 9.17) is 119 Å². The van der Waals surface area contributed by atoms with Gasteiger partial charge in [0, 0.05) is 105 Å². The van der Waals surface area contributed by atoms with Gasteiger partial charge >= 0.3 is 17.9 Å². The van der Waals surface area contributed by atoms with Gasteiger partial charge in [0.05, 0.1) is 49.7 Å². The Morgan fingerprint density at radius 2 is 1.06 bits per heavy atom. The molecule has 41 heteroatoms. The summed E-state index contributed by atoms with van der Waals surface area (Å²) in [5.41, 5.74) is 3.57. The molecule has 0 radical (unpaired) electrons. The number of unbranched alkanes of at least 4 members (excludes halogenated alkanes) is 1. The average Bonchev–Trinajstić information content (AvgIpc) is 1.05. The summed E-state index contributed by atoms with van der Waals surface area (Å²) in [7, 11) is 0.703. The maximum absolute atomic E-state index is 11.7. The number of ketones is 1. The molecular weight excluding hydrogens is 2280 g/mol. The molecule has 1 amide bonds. The second-order valence-corrected chi connectivity index (χ2v) is 92.3. The number of esters is 1. The summed E-state index contributed by atoms with van der Waals surface area (Å²) in [6.07, 6.45) is 23.0. The van der Waals surface area contributed by atoms with Crippen LogP contribution in [0.5, 0.6) is 0 Å². The molecule has 3 aliphatic heterocycles. The Morgan fingerprint density at radius 1 is 0.604 bits per heavy atom. The van der Waals surface area contributed by atoms with Crippen LogP contribution in [0.3, 0.4) is 0 Å². The molecule has 6 rings (SSSR count). The third-order valence-electron chi connectivity index (χ3n) is 19.6. The van der Waals surface area contributed by atoms with E-state index in [1.807, 2.05) is 186 Å². The van der Waals surface area contributed by atoms with Crippen LogP contribution in [-0.4, -0.2) is 204 Å². The minimum Gasteiger partial charge on any atom is -0.727 e. The van der Waals surface area contributed by atoms with Crippen LogP contribution in [0.25, 0.3) is 0 Å². The van der Waals surface area contributed by atoms with Crippen LogP contribution >= 0.6 is 138 Å². The number of benzene rings is 3. The number of terminal acetylenes is 1. The van der Waals surface area contributed by atoms with E-state index in [1.54, 1.807) is 45.4 Å². The minimum absolute atomic E-state index is 0.101. The van der Waals surface area contributed by atoms with Crippen LogP contribution in [0.1, 0.15) is 369 Å². The van der Waals surface area contributed by atoms with Crippen LogP contribution in [0, 0.1) is 46.8 Å². The van der Waals surface area contributed by atoms with Crippen molar-refractivity contribution in [3.05, 3.63) is 89.5 Å². The number of aryl methyl sites for hydroxylation is 1. The first-order valence-corrected chi connectivity index (χ1v) is 78.8. The second kappa shape index (κ2) is 76.7. The lowest BCUT2D eigenvalue weighted by Crippen LogP contribution is -2.47. The maximum Gasteiger partial charge on any atom is 0.326 e. The molecule has 4 atom stereocenters. The highest BCUT2D eigenvalue weighted by molar-refractivity contribution is 9.48. The van der Waals surface area contributed by atoms with Gasteiger partial charge in [-0.05, 0) is 272 Å². The van der Waals surface area contributed by atoms with Crippen LogP contribution in [0.4, 0.5) is 0 Å². The smallest absolute Gasteiger partial charge is 0.326 e. The van der Waals surface area contributed by atoms with E-state index in [0.29, 0.717) is 79.0 Å². The zero-order valence-electron chi connectivity index (χ0n) is 97.6. The summed E-state index contributed by atoms with van der Waals surface area (Å²) in [4.78, 5) is 57.8. The van der Waals surface area contributed by atoms with Crippen LogP contribution < -0.4 is 26.5 Å². The number of thiocarbonyl (C=S) groups is 3. The summed E-state index contributed by atoms with van der Waals surface area (Å²) < 4.78 is 84.4. The van der Waals surface area contributed by atoms with Crippen LogP contribution in [0.15, 0.2) is 72.8 Å². The zero-order valence-corrected chi connectivity index (χ0v) is 115. The number of carbonyl (C=O) groups excluding carboxylic acids is 3. The maximum atomic E-state index is 11.7. The quantitative estimate of drug-likeness (QED) is 0.00603. The highest BCUT2D eigenvalue weighted by Gasteiger charge is 2.46. The highest BCUT2D eigenvalue weighted by atomic mass is 33.7. The average molecular weight is 2480 g/mol. The zero-order chi connectivity index (χ0) is 117. The van der Waals surface area contributed by atoms with Crippen LogP contribution in [0.2, 0.25) is 0 Å². The molecule has 0 aliphatic carbocycles. The molecule has 866 valence electrons. The molecule has 4 N–H and O–H groups in total. The normalized spacial score (nSPS) is 16.8. The van der Waals surface area contributed by atoms with Gasteiger partial charge in [-0.25, -0.2) is 21.6 Å². The van der Waals surface area contributed by atoms with Gasteiger partial charge in [0.25, 0.3) is 10.1 Å².